The van der Waals surface area contributed by atoms with Crippen LogP contribution in [0.25, 0.3) is 10.9 Å². The number of nitrogens with zero attached hydrogens (tertiary/aromatic N) is 4. The lowest BCUT2D eigenvalue weighted by Gasteiger charge is -2.15. The Bertz CT molecular complexity index is 1460. The van der Waals surface area contributed by atoms with Crippen LogP contribution in [0.1, 0.15) is 22.8 Å². The Balaban J connectivity index is 0.00000380. The molecule has 0 spiro atoms. The summed E-state index contributed by atoms with van der Waals surface area (Å²) >= 11 is 0. The lowest BCUT2D eigenvalue weighted by molar-refractivity contribution is 0.102. The van der Waals surface area contributed by atoms with Gasteiger partial charge in [0, 0.05) is 54.0 Å². The maximum absolute atomic E-state index is 12.8. The van der Waals surface area contributed by atoms with Crippen molar-refractivity contribution in [3.05, 3.63) is 90.1 Å². The van der Waals surface area contributed by atoms with Crippen molar-refractivity contribution >= 4 is 63.6 Å². The number of nitrogens with one attached hydrogen (secondary N) is 2. The number of amides is 1. The average Bonchev–Trinajstić information content (AvgIpc) is 2.88. The summed E-state index contributed by atoms with van der Waals surface area (Å²) in [4.78, 5) is 19.3. The van der Waals surface area contributed by atoms with Crippen LogP contribution >= 0.6 is 12.4 Å². The van der Waals surface area contributed by atoms with E-state index in [0.717, 1.165) is 33.5 Å². The van der Waals surface area contributed by atoms with Gasteiger partial charge in [-0.15, -0.1) is 17.5 Å². The van der Waals surface area contributed by atoms with E-state index in [2.05, 4.69) is 36.8 Å². The second kappa shape index (κ2) is 11.9. The predicted molar refractivity (Wildman–Crippen MR) is 155 cm³/mol. The molecule has 3 aromatic carbocycles. The SMILES string of the molecule is C/C(=N\N=C(N)N)c1cccc(C(=O)Nc2ccc(Nc3ccnc4ccc(N(C)C)cc34)cc2)c1.Cl. The molecule has 0 fully saturated rings. The molecule has 0 aliphatic heterocycles. The van der Waals surface area contributed by atoms with E-state index >= 15 is 0 Å². The second-order valence-corrected chi connectivity index (χ2v) is 8.40. The summed E-state index contributed by atoms with van der Waals surface area (Å²) < 4.78 is 0. The molecule has 0 saturated carbocycles. The second-order valence-electron chi connectivity index (χ2n) is 8.40. The number of halogens is 1. The number of rotatable bonds is 7. The number of anilines is 4. The van der Waals surface area contributed by atoms with Gasteiger partial charge in [-0.2, -0.15) is 5.10 Å². The van der Waals surface area contributed by atoms with Crippen LogP contribution in [0.5, 0.6) is 0 Å². The summed E-state index contributed by atoms with van der Waals surface area (Å²) in [5, 5.41) is 15.0. The highest BCUT2D eigenvalue weighted by Crippen LogP contribution is 2.29. The normalized spacial score (nSPS) is 10.8. The quantitative estimate of drug-likeness (QED) is 0.159. The molecule has 0 radical (unpaired) electrons. The van der Waals surface area contributed by atoms with Gasteiger partial charge < -0.3 is 27.0 Å². The number of benzene rings is 3. The highest BCUT2D eigenvalue weighted by Gasteiger charge is 2.09. The molecular weight excluding hydrogens is 488 g/mol. The summed E-state index contributed by atoms with van der Waals surface area (Å²) in [6, 6.07) is 22.7. The minimum Gasteiger partial charge on any atom is -0.378 e. The van der Waals surface area contributed by atoms with Crippen molar-refractivity contribution < 1.29 is 4.79 Å². The van der Waals surface area contributed by atoms with Gasteiger partial charge in [-0.05, 0) is 73.2 Å². The van der Waals surface area contributed by atoms with E-state index in [4.69, 9.17) is 11.5 Å². The van der Waals surface area contributed by atoms with Gasteiger partial charge in [0.25, 0.3) is 5.91 Å². The molecule has 0 saturated heterocycles. The lowest BCUT2D eigenvalue weighted by atomic mass is 10.1. The van der Waals surface area contributed by atoms with Gasteiger partial charge in [-0.25, -0.2) is 0 Å². The lowest BCUT2D eigenvalue weighted by Crippen LogP contribution is -2.22. The number of guanidine groups is 1. The van der Waals surface area contributed by atoms with Crippen LogP contribution in [-0.2, 0) is 0 Å². The summed E-state index contributed by atoms with van der Waals surface area (Å²) in [7, 11) is 4.02. The van der Waals surface area contributed by atoms with E-state index in [1.165, 1.54) is 0 Å². The Morgan fingerprint density at radius 1 is 0.892 bits per heavy atom. The first-order valence-corrected chi connectivity index (χ1v) is 11.3. The fraction of sp³-hybridized carbons (Fsp3) is 0.111. The Morgan fingerprint density at radius 2 is 1.59 bits per heavy atom. The molecule has 1 amide bonds. The molecule has 0 aliphatic rings. The number of carbonyl (C=O) groups excluding carboxylic acids is 1. The average molecular weight is 517 g/mol. The van der Waals surface area contributed by atoms with E-state index in [1.807, 2.05) is 62.6 Å². The van der Waals surface area contributed by atoms with Crippen molar-refractivity contribution in [2.24, 2.45) is 21.7 Å². The molecule has 9 nitrogen and oxygen atoms in total. The predicted octanol–water partition coefficient (Wildman–Crippen LogP) is 4.72. The molecule has 37 heavy (non-hydrogen) atoms. The van der Waals surface area contributed by atoms with Gasteiger partial charge in [0.05, 0.1) is 11.2 Å². The van der Waals surface area contributed by atoms with Gasteiger partial charge >= 0.3 is 0 Å². The Hall–Kier alpha value is -4.63. The topological polar surface area (TPSA) is 134 Å². The van der Waals surface area contributed by atoms with Crippen LogP contribution in [0.2, 0.25) is 0 Å². The molecule has 4 rings (SSSR count). The highest BCUT2D eigenvalue weighted by atomic mass is 35.5. The van der Waals surface area contributed by atoms with Gasteiger partial charge in [0.2, 0.25) is 5.96 Å². The number of nitrogens with two attached hydrogens (primary N) is 2. The molecule has 1 aromatic heterocycles. The zero-order valence-corrected chi connectivity index (χ0v) is 21.6. The van der Waals surface area contributed by atoms with E-state index < -0.39 is 0 Å². The number of fused-ring (bicyclic) bond motifs is 1. The van der Waals surface area contributed by atoms with Crippen molar-refractivity contribution in [2.75, 3.05) is 29.6 Å². The maximum atomic E-state index is 12.8. The largest absolute Gasteiger partial charge is 0.378 e. The van der Waals surface area contributed by atoms with Crippen molar-refractivity contribution in [1.29, 1.82) is 0 Å². The minimum absolute atomic E-state index is 0. The van der Waals surface area contributed by atoms with Crippen LogP contribution in [0, 0.1) is 0 Å². The molecular formula is C27H29ClN8O. The monoisotopic (exact) mass is 516 g/mol. The summed E-state index contributed by atoms with van der Waals surface area (Å²) in [5.41, 5.74) is 17.0. The molecule has 0 unspecified atom stereocenters. The summed E-state index contributed by atoms with van der Waals surface area (Å²) in [6.45, 7) is 1.77. The Kier molecular flexibility index (Phi) is 8.65. The van der Waals surface area contributed by atoms with Crippen molar-refractivity contribution in [2.45, 2.75) is 6.92 Å². The third-order valence-corrected chi connectivity index (χ3v) is 5.52. The first kappa shape index (κ1) is 27.0. The van der Waals surface area contributed by atoms with Crippen molar-refractivity contribution in [3.8, 4) is 0 Å². The third kappa shape index (κ3) is 6.74. The molecule has 1 heterocycles. The van der Waals surface area contributed by atoms with Crippen LogP contribution in [-0.4, -0.2) is 36.7 Å². The van der Waals surface area contributed by atoms with Gasteiger partial charge in [-0.1, -0.05) is 12.1 Å². The van der Waals surface area contributed by atoms with Gasteiger partial charge in [0.1, 0.15) is 0 Å². The van der Waals surface area contributed by atoms with E-state index in [-0.39, 0.29) is 24.3 Å². The van der Waals surface area contributed by atoms with Gasteiger partial charge in [0.15, 0.2) is 0 Å². The zero-order chi connectivity index (χ0) is 25.7. The molecule has 190 valence electrons. The molecule has 10 heteroatoms. The van der Waals surface area contributed by atoms with Gasteiger partial charge in [-0.3, -0.25) is 9.78 Å². The van der Waals surface area contributed by atoms with Crippen molar-refractivity contribution in [1.82, 2.24) is 4.98 Å². The molecule has 0 aliphatic carbocycles. The number of aromatic nitrogens is 1. The fourth-order valence-electron chi connectivity index (χ4n) is 3.59. The minimum atomic E-state index is -0.233. The third-order valence-electron chi connectivity index (χ3n) is 5.52. The van der Waals surface area contributed by atoms with Crippen LogP contribution in [0.4, 0.5) is 22.7 Å². The first-order valence-electron chi connectivity index (χ1n) is 11.3. The zero-order valence-electron chi connectivity index (χ0n) is 20.8. The molecule has 0 atom stereocenters. The van der Waals surface area contributed by atoms with E-state index in [0.29, 0.717) is 17.0 Å². The molecule has 4 aromatic rings. The van der Waals surface area contributed by atoms with Crippen LogP contribution in [0.15, 0.2) is 89.2 Å². The Morgan fingerprint density at radius 3 is 2.30 bits per heavy atom. The summed E-state index contributed by atoms with van der Waals surface area (Å²) in [5.74, 6) is -0.361. The Labute approximate surface area is 221 Å². The fourth-order valence-corrected chi connectivity index (χ4v) is 3.59. The summed E-state index contributed by atoms with van der Waals surface area (Å²) in [6.07, 6.45) is 1.78. The number of hydrogen-bond donors (Lipinski definition) is 4. The van der Waals surface area contributed by atoms with Crippen molar-refractivity contribution in [3.63, 3.8) is 0 Å². The molecule has 6 N–H and O–H groups in total. The standard InChI is InChI=1S/C27H28N8O.ClH/c1-17(33-34-27(28)29)18-5-4-6-19(15-18)26(36)32-21-9-7-20(8-10-21)31-25-13-14-30-24-12-11-22(35(2)3)16-23(24)25;/h4-16H,1-3H3,(H,30,31)(H,32,36)(H4,28,29,34);1H/b33-17+;. The van der Waals surface area contributed by atoms with Crippen LogP contribution in [0.3, 0.4) is 0 Å². The smallest absolute Gasteiger partial charge is 0.255 e. The number of hydrogen-bond acceptors (Lipinski definition) is 6. The number of pyridine rings is 1. The maximum Gasteiger partial charge on any atom is 0.255 e. The molecule has 0 bridgehead atoms. The van der Waals surface area contributed by atoms with Crippen LogP contribution < -0.4 is 27.0 Å². The first-order chi connectivity index (χ1) is 17.3. The van der Waals surface area contributed by atoms with E-state index in [1.54, 1.807) is 31.3 Å². The van der Waals surface area contributed by atoms with E-state index in [9.17, 15) is 4.79 Å². The number of carbonyl (C=O) groups is 1. The highest BCUT2D eigenvalue weighted by molar-refractivity contribution is 6.07.